The molecule has 0 saturated carbocycles. The normalized spacial score (nSPS) is 11.3. The molecule has 0 bridgehead atoms. The smallest absolute Gasteiger partial charge is 0.251 e. The number of benzene rings is 1. The first-order valence-electron chi connectivity index (χ1n) is 6.02. The van der Waals surface area contributed by atoms with Crippen LogP contribution in [0, 0.1) is 0 Å². The van der Waals surface area contributed by atoms with E-state index in [1.54, 1.807) is 0 Å². The van der Waals surface area contributed by atoms with E-state index in [2.05, 4.69) is 5.32 Å². The van der Waals surface area contributed by atoms with Gasteiger partial charge in [-0.1, -0.05) is 13.8 Å². The van der Waals surface area contributed by atoms with Crippen LogP contribution in [0.25, 0.3) is 0 Å². The quantitative estimate of drug-likeness (QED) is 0.595. The van der Waals surface area contributed by atoms with Gasteiger partial charge in [-0.3, -0.25) is 4.79 Å². The van der Waals surface area contributed by atoms with Crippen molar-refractivity contribution in [1.29, 1.82) is 0 Å². The zero-order valence-electron chi connectivity index (χ0n) is 10.7. The Balaban J connectivity index is 2.90. The van der Waals surface area contributed by atoms with Crippen LogP contribution in [0.5, 0.6) is 11.5 Å². The molecule has 0 atom stereocenters. The molecular weight excluding hydrogens is 232 g/mol. The number of phenolic OH excluding ortho intramolecular Hbond substituents is 2. The summed E-state index contributed by atoms with van der Waals surface area (Å²) < 4.78 is 0. The average molecular weight is 252 g/mol. The summed E-state index contributed by atoms with van der Waals surface area (Å²) in [5.74, 6) is -0.865. The van der Waals surface area contributed by atoms with E-state index in [1.165, 1.54) is 18.2 Å². The van der Waals surface area contributed by atoms with Crippen molar-refractivity contribution < 1.29 is 15.0 Å². The van der Waals surface area contributed by atoms with Crippen LogP contribution in [0.15, 0.2) is 18.2 Å². The molecule has 0 aliphatic heterocycles. The van der Waals surface area contributed by atoms with Gasteiger partial charge in [-0.2, -0.15) is 0 Å². The Morgan fingerprint density at radius 2 is 1.89 bits per heavy atom. The summed E-state index contributed by atoms with van der Waals surface area (Å²) in [7, 11) is 0. The Morgan fingerprint density at radius 1 is 1.28 bits per heavy atom. The molecule has 0 aliphatic rings. The van der Waals surface area contributed by atoms with Gasteiger partial charge in [0.2, 0.25) is 0 Å². The zero-order valence-corrected chi connectivity index (χ0v) is 10.7. The van der Waals surface area contributed by atoms with Gasteiger partial charge in [0, 0.05) is 12.1 Å². The fourth-order valence-corrected chi connectivity index (χ4v) is 1.74. The first-order valence-corrected chi connectivity index (χ1v) is 6.02. The topological polar surface area (TPSA) is 95.6 Å². The van der Waals surface area contributed by atoms with Gasteiger partial charge in [-0.25, -0.2) is 0 Å². The highest BCUT2D eigenvalue weighted by Gasteiger charge is 2.26. The van der Waals surface area contributed by atoms with Crippen molar-refractivity contribution in [1.82, 2.24) is 5.32 Å². The molecule has 0 heterocycles. The van der Waals surface area contributed by atoms with Gasteiger partial charge >= 0.3 is 0 Å². The number of phenols is 2. The lowest BCUT2D eigenvalue weighted by molar-refractivity contribution is 0.0895. The van der Waals surface area contributed by atoms with Crippen LogP contribution in [0.2, 0.25) is 0 Å². The third-order valence-electron chi connectivity index (χ3n) is 3.36. The Morgan fingerprint density at radius 3 is 2.33 bits per heavy atom. The lowest BCUT2D eigenvalue weighted by atomic mass is 9.92. The van der Waals surface area contributed by atoms with E-state index in [0.717, 1.165) is 12.8 Å². The predicted octanol–water partition coefficient (Wildman–Crippen LogP) is 1.35. The number of carbonyl (C=O) groups is 1. The molecule has 0 aliphatic carbocycles. The molecule has 0 radical (unpaired) electrons. The van der Waals surface area contributed by atoms with Crippen molar-refractivity contribution in [3.63, 3.8) is 0 Å². The molecular formula is C13H20N2O3. The molecule has 0 fully saturated rings. The first kappa shape index (κ1) is 14.3. The Bertz CT molecular complexity index is 420. The third-order valence-corrected chi connectivity index (χ3v) is 3.36. The highest BCUT2D eigenvalue weighted by atomic mass is 16.3. The Labute approximate surface area is 107 Å². The number of hydrogen-bond acceptors (Lipinski definition) is 4. The zero-order chi connectivity index (χ0) is 13.8. The molecule has 0 saturated heterocycles. The second kappa shape index (κ2) is 5.73. The predicted molar refractivity (Wildman–Crippen MR) is 69.6 cm³/mol. The number of nitrogens with one attached hydrogen (secondary N) is 1. The minimum Gasteiger partial charge on any atom is -0.504 e. The molecule has 1 aromatic rings. The van der Waals surface area contributed by atoms with E-state index < -0.39 is 5.54 Å². The molecule has 0 unspecified atom stereocenters. The molecule has 0 spiro atoms. The van der Waals surface area contributed by atoms with Crippen LogP contribution in [-0.4, -0.2) is 28.2 Å². The van der Waals surface area contributed by atoms with Crippen LogP contribution in [0.4, 0.5) is 0 Å². The van der Waals surface area contributed by atoms with Crippen molar-refractivity contribution in [2.24, 2.45) is 5.73 Å². The number of rotatable bonds is 5. The fourth-order valence-electron chi connectivity index (χ4n) is 1.74. The van der Waals surface area contributed by atoms with E-state index in [-0.39, 0.29) is 17.4 Å². The maximum Gasteiger partial charge on any atom is 0.251 e. The van der Waals surface area contributed by atoms with Crippen molar-refractivity contribution in [2.45, 2.75) is 32.2 Å². The molecule has 0 aromatic heterocycles. The maximum atomic E-state index is 12.0. The van der Waals surface area contributed by atoms with E-state index in [9.17, 15) is 15.0 Å². The fraction of sp³-hybridized carbons (Fsp3) is 0.462. The van der Waals surface area contributed by atoms with Gasteiger partial charge in [0.25, 0.3) is 5.91 Å². The lowest BCUT2D eigenvalue weighted by Crippen LogP contribution is -2.52. The van der Waals surface area contributed by atoms with Crippen LogP contribution < -0.4 is 11.1 Å². The van der Waals surface area contributed by atoms with Crippen molar-refractivity contribution in [3.8, 4) is 11.5 Å². The Kier molecular flexibility index (Phi) is 4.55. The van der Waals surface area contributed by atoms with Crippen LogP contribution in [0.3, 0.4) is 0 Å². The van der Waals surface area contributed by atoms with Crippen molar-refractivity contribution >= 4 is 5.91 Å². The van der Waals surface area contributed by atoms with Gasteiger partial charge in [-0.05, 0) is 31.0 Å². The lowest BCUT2D eigenvalue weighted by Gasteiger charge is -2.31. The van der Waals surface area contributed by atoms with Gasteiger partial charge < -0.3 is 21.3 Å². The SMILES string of the molecule is CCC(CC)(CN)NC(=O)c1ccc(O)c(O)c1. The molecule has 100 valence electrons. The number of nitrogens with two attached hydrogens (primary N) is 1. The summed E-state index contributed by atoms with van der Waals surface area (Å²) in [6.45, 7) is 4.28. The van der Waals surface area contributed by atoms with E-state index in [0.29, 0.717) is 12.1 Å². The van der Waals surface area contributed by atoms with Crippen molar-refractivity contribution in [2.75, 3.05) is 6.54 Å². The summed E-state index contributed by atoms with van der Waals surface area (Å²) in [5.41, 5.74) is 5.58. The van der Waals surface area contributed by atoms with Crippen molar-refractivity contribution in [3.05, 3.63) is 23.8 Å². The van der Waals surface area contributed by atoms with Gasteiger partial charge in [-0.15, -0.1) is 0 Å². The number of carbonyl (C=O) groups excluding carboxylic acids is 1. The number of aromatic hydroxyl groups is 2. The Hall–Kier alpha value is -1.75. The minimum absolute atomic E-state index is 0.248. The highest BCUT2D eigenvalue weighted by molar-refractivity contribution is 5.95. The largest absolute Gasteiger partial charge is 0.504 e. The van der Waals surface area contributed by atoms with Gasteiger partial charge in [0.1, 0.15) is 0 Å². The van der Waals surface area contributed by atoms with E-state index in [1.807, 2.05) is 13.8 Å². The average Bonchev–Trinajstić information content (AvgIpc) is 2.39. The third kappa shape index (κ3) is 2.92. The number of hydrogen-bond donors (Lipinski definition) is 4. The van der Waals surface area contributed by atoms with Gasteiger partial charge in [0.15, 0.2) is 11.5 Å². The number of amides is 1. The standard InChI is InChI=1S/C13H20N2O3/c1-3-13(4-2,8-14)15-12(18)9-5-6-10(16)11(17)7-9/h5-7,16-17H,3-4,8,14H2,1-2H3,(H,15,18). The summed E-state index contributed by atoms with van der Waals surface area (Å²) in [6, 6.07) is 3.97. The molecule has 1 amide bonds. The second-order valence-electron chi connectivity index (χ2n) is 4.35. The molecule has 1 rings (SSSR count). The molecule has 1 aromatic carbocycles. The molecule has 5 heteroatoms. The summed E-state index contributed by atoms with van der Waals surface area (Å²) in [4.78, 5) is 12.0. The molecule has 5 N–H and O–H groups in total. The van der Waals surface area contributed by atoms with Crippen LogP contribution >= 0.6 is 0 Å². The van der Waals surface area contributed by atoms with E-state index >= 15 is 0 Å². The molecule has 5 nitrogen and oxygen atoms in total. The highest BCUT2D eigenvalue weighted by Crippen LogP contribution is 2.25. The summed E-state index contributed by atoms with van der Waals surface area (Å²) >= 11 is 0. The van der Waals surface area contributed by atoms with Crippen LogP contribution in [0.1, 0.15) is 37.0 Å². The monoisotopic (exact) mass is 252 g/mol. The minimum atomic E-state index is -0.426. The summed E-state index contributed by atoms with van der Waals surface area (Å²) in [5, 5.41) is 21.4. The summed E-state index contributed by atoms with van der Waals surface area (Å²) in [6.07, 6.45) is 1.46. The van der Waals surface area contributed by atoms with E-state index in [4.69, 9.17) is 5.73 Å². The second-order valence-corrected chi connectivity index (χ2v) is 4.35. The maximum absolute atomic E-state index is 12.0. The first-order chi connectivity index (χ1) is 8.48. The molecule has 18 heavy (non-hydrogen) atoms. The van der Waals surface area contributed by atoms with Gasteiger partial charge in [0.05, 0.1) is 5.54 Å². The van der Waals surface area contributed by atoms with Crippen LogP contribution in [-0.2, 0) is 0 Å².